The lowest BCUT2D eigenvalue weighted by molar-refractivity contribution is 0.296. The third kappa shape index (κ3) is 3.07. The Morgan fingerprint density at radius 1 is 1.56 bits per heavy atom. The van der Waals surface area contributed by atoms with Crippen LogP contribution in [-0.2, 0) is 9.84 Å². The lowest BCUT2D eigenvalue weighted by Crippen LogP contribution is -2.04. The van der Waals surface area contributed by atoms with E-state index < -0.39 is 9.84 Å². The molecule has 16 heavy (non-hydrogen) atoms. The van der Waals surface area contributed by atoms with Crippen molar-refractivity contribution in [2.75, 3.05) is 12.9 Å². The van der Waals surface area contributed by atoms with Crippen LogP contribution in [0.5, 0.6) is 5.75 Å². The molecule has 88 valence electrons. The zero-order chi connectivity index (χ0) is 11.8. The summed E-state index contributed by atoms with van der Waals surface area (Å²) in [5, 5.41) is 0.0932. The summed E-state index contributed by atoms with van der Waals surface area (Å²) in [5.41, 5.74) is 0. The van der Waals surface area contributed by atoms with E-state index in [0.29, 0.717) is 18.3 Å². The number of aromatic nitrogens is 1. The Labute approximate surface area is 108 Å². The van der Waals surface area contributed by atoms with E-state index >= 15 is 0 Å². The largest absolute Gasteiger partial charge is 0.491 e. The maximum atomic E-state index is 11.3. The third-order valence-corrected chi connectivity index (χ3v) is 4.17. The van der Waals surface area contributed by atoms with Crippen molar-refractivity contribution in [1.82, 2.24) is 4.98 Å². The van der Waals surface area contributed by atoms with Gasteiger partial charge in [0.05, 0.1) is 16.4 Å². The molecule has 0 unspecified atom stereocenters. The highest BCUT2D eigenvalue weighted by atomic mass is 127. The lowest BCUT2D eigenvalue weighted by atomic mass is 10.4. The molecule has 1 aliphatic rings. The summed E-state index contributed by atoms with van der Waals surface area (Å²) in [7, 11) is -3.23. The average molecular weight is 353 g/mol. The number of pyridine rings is 1. The molecule has 1 saturated carbocycles. The molecule has 0 atom stereocenters. The lowest BCUT2D eigenvalue weighted by Gasteiger charge is -2.07. The molecule has 0 bridgehead atoms. The number of ether oxygens (including phenoxy) is 1. The molecule has 1 aromatic rings. The van der Waals surface area contributed by atoms with Crippen LogP contribution in [0.15, 0.2) is 17.3 Å². The predicted molar refractivity (Wildman–Crippen MR) is 68.3 cm³/mol. The van der Waals surface area contributed by atoms with Crippen molar-refractivity contribution >= 4 is 32.4 Å². The second kappa shape index (κ2) is 4.48. The summed E-state index contributed by atoms with van der Waals surface area (Å²) in [6.45, 7) is 0.704. The zero-order valence-corrected chi connectivity index (χ0v) is 11.8. The van der Waals surface area contributed by atoms with Gasteiger partial charge in [-0.05, 0) is 47.4 Å². The molecule has 0 radical (unpaired) electrons. The molecular formula is C10H12INO3S. The summed E-state index contributed by atoms with van der Waals surface area (Å²) in [6.07, 6.45) is 5.09. The monoisotopic (exact) mass is 353 g/mol. The van der Waals surface area contributed by atoms with Crippen molar-refractivity contribution < 1.29 is 13.2 Å². The highest BCUT2D eigenvalue weighted by molar-refractivity contribution is 14.1. The van der Waals surface area contributed by atoms with Gasteiger partial charge in [-0.1, -0.05) is 0 Å². The van der Waals surface area contributed by atoms with Gasteiger partial charge in [0.25, 0.3) is 0 Å². The Hall–Kier alpha value is -0.370. The van der Waals surface area contributed by atoms with Crippen molar-refractivity contribution in [3.63, 3.8) is 0 Å². The highest BCUT2D eigenvalue weighted by Crippen LogP contribution is 2.30. The summed E-state index contributed by atoms with van der Waals surface area (Å²) >= 11 is 2.06. The van der Waals surface area contributed by atoms with Gasteiger partial charge in [-0.25, -0.2) is 13.4 Å². The SMILES string of the molecule is CS(=O)(=O)c1cc(I)c(OCC2CC2)cn1. The first-order valence-corrected chi connectivity index (χ1v) is 7.92. The van der Waals surface area contributed by atoms with Gasteiger partial charge in [0.1, 0.15) is 0 Å². The van der Waals surface area contributed by atoms with Gasteiger partial charge in [-0.15, -0.1) is 0 Å². The van der Waals surface area contributed by atoms with Crippen LogP contribution in [0, 0.1) is 9.49 Å². The fourth-order valence-electron chi connectivity index (χ4n) is 1.20. The first-order chi connectivity index (χ1) is 7.47. The standard InChI is InChI=1S/C10H12INO3S/c1-16(13,14)10-4-8(11)9(5-12-10)15-6-7-2-3-7/h4-5,7H,2-3,6H2,1H3. The predicted octanol–water partition coefficient (Wildman–Crippen LogP) is 1.88. The Bertz CT molecular complexity index is 497. The molecule has 0 aliphatic heterocycles. The summed E-state index contributed by atoms with van der Waals surface area (Å²) < 4.78 is 28.9. The van der Waals surface area contributed by atoms with Crippen LogP contribution in [-0.4, -0.2) is 26.3 Å². The Morgan fingerprint density at radius 3 is 2.75 bits per heavy atom. The van der Waals surface area contributed by atoms with Crippen LogP contribution in [0.1, 0.15) is 12.8 Å². The van der Waals surface area contributed by atoms with E-state index in [9.17, 15) is 8.42 Å². The van der Waals surface area contributed by atoms with Crippen LogP contribution in [0.25, 0.3) is 0 Å². The summed E-state index contributed by atoms with van der Waals surface area (Å²) in [4.78, 5) is 3.89. The molecule has 0 saturated heterocycles. The minimum absolute atomic E-state index is 0.0932. The molecular weight excluding hydrogens is 341 g/mol. The molecule has 4 nitrogen and oxygen atoms in total. The molecule has 1 heterocycles. The number of halogens is 1. The molecule has 0 spiro atoms. The van der Waals surface area contributed by atoms with Crippen molar-refractivity contribution in [2.45, 2.75) is 17.9 Å². The average Bonchev–Trinajstić information content (AvgIpc) is 2.98. The molecule has 0 N–H and O–H groups in total. The van der Waals surface area contributed by atoms with Crippen LogP contribution in [0.2, 0.25) is 0 Å². The van der Waals surface area contributed by atoms with Crippen LogP contribution >= 0.6 is 22.6 Å². The molecule has 6 heteroatoms. The van der Waals surface area contributed by atoms with E-state index in [0.717, 1.165) is 9.83 Å². The van der Waals surface area contributed by atoms with Crippen LogP contribution in [0.3, 0.4) is 0 Å². The maximum Gasteiger partial charge on any atom is 0.192 e. The quantitative estimate of drug-likeness (QED) is 0.776. The van der Waals surface area contributed by atoms with Crippen molar-refractivity contribution in [3.05, 3.63) is 15.8 Å². The Balaban J connectivity index is 2.15. The zero-order valence-electron chi connectivity index (χ0n) is 8.81. The van der Waals surface area contributed by atoms with E-state index in [1.165, 1.54) is 25.1 Å². The second-order valence-electron chi connectivity index (χ2n) is 3.98. The number of hydrogen-bond acceptors (Lipinski definition) is 4. The maximum absolute atomic E-state index is 11.3. The smallest absolute Gasteiger partial charge is 0.192 e. The van der Waals surface area contributed by atoms with Gasteiger partial charge in [0, 0.05) is 6.26 Å². The number of hydrogen-bond donors (Lipinski definition) is 0. The van der Waals surface area contributed by atoms with Gasteiger partial charge in [-0.2, -0.15) is 0 Å². The second-order valence-corrected chi connectivity index (χ2v) is 7.10. The molecule has 0 amide bonds. The Kier molecular flexibility index (Phi) is 3.39. The highest BCUT2D eigenvalue weighted by Gasteiger charge is 2.22. The van der Waals surface area contributed by atoms with E-state index in [1.807, 2.05) is 0 Å². The van der Waals surface area contributed by atoms with Gasteiger partial charge >= 0.3 is 0 Å². The third-order valence-electron chi connectivity index (χ3n) is 2.35. The minimum atomic E-state index is -3.23. The summed E-state index contributed by atoms with van der Waals surface area (Å²) in [6, 6.07) is 1.54. The van der Waals surface area contributed by atoms with Crippen molar-refractivity contribution in [3.8, 4) is 5.75 Å². The van der Waals surface area contributed by atoms with Gasteiger partial charge < -0.3 is 4.74 Å². The van der Waals surface area contributed by atoms with E-state index in [4.69, 9.17) is 4.74 Å². The molecule has 0 aromatic carbocycles. The minimum Gasteiger partial charge on any atom is -0.491 e. The fraction of sp³-hybridized carbons (Fsp3) is 0.500. The van der Waals surface area contributed by atoms with E-state index in [-0.39, 0.29) is 5.03 Å². The fourth-order valence-corrected chi connectivity index (χ4v) is 2.58. The molecule has 1 aliphatic carbocycles. The van der Waals surface area contributed by atoms with Crippen LogP contribution in [0.4, 0.5) is 0 Å². The normalized spacial score (nSPS) is 16.1. The van der Waals surface area contributed by atoms with Crippen molar-refractivity contribution in [1.29, 1.82) is 0 Å². The number of sulfone groups is 1. The van der Waals surface area contributed by atoms with Gasteiger partial charge in [-0.3, -0.25) is 0 Å². The first kappa shape index (κ1) is 12.1. The van der Waals surface area contributed by atoms with E-state index in [1.54, 1.807) is 0 Å². The molecule has 1 fully saturated rings. The van der Waals surface area contributed by atoms with E-state index in [2.05, 4.69) is 27.6 Å². The first-order valence-electron chi connectivity index (χ1n) is 4.95. The van der Waals surface area contributed by atoms with Crippen LogP contribution < -0.4 is 4.74 Å². The summed E-state index contributed by atoms with van der Waals surface area (Å²) in [5.74, 6) is 1.34. The number of rotatable bonds is 4. The van der Waals surface area contributed by atoms with Gasteiger partial charge in [0.2, 0.25) is 0 Å². The topological polar surface area (TPSA) is 56.3 Å². The van der Waals surface area contributed by atoms with Gasteiger partial charge in [0.15, 0.2) is 20.6 Å². The number of nitrogens with zero attached hydrogens (tertiary/aromatic N) is 1. The molecule has 1 aromatic heterocycles. The Morgan fingerprint density at radius 2 is 2.25 bits per heavy atom. The van der Waals surface area contributed by atoms with Crippen molar-refractivity contribution in [2.24, 2.45) is 5.92 Å². The molecule has 2 rings (SSSR count).